The second-order valence-corrected chi connectivity index (χ2v) is 10.0. The highest BCUT2D eigenvalue weighted by Crippen LogP contribution is 2.18. The van der Waals surface area contributed by atoms with E-state index in [2.05, 4.69) is 72.3 Å². The normalized spacial score (nSPS) is 15.5. The van der Waals surface area contributed by atoms with E-state index in [4.69, 9.17) is 4.74 Å². The molecule has 6 heteroatoms. The van der Waals surface area contributed by atoms with Gasteiger partial charge in [-0.2, -0.15) is 0 Å². The molecular formula is C24H35N3O2S. The maximum absolute atomic E-state index is 12.8. The number of nitrogens with zero attached hydrogens (tertiary/aromatic N) is 2. The van der Waals surface area contributed by atoms with Gasteiger partial charge in [-0.25, -0.2) is 0 Å². The highest BCUT2D eigenvalue weighted by atomic mass is 32.1. The van der Waals surface area contributed by atoms with Crippen LogP contribution in [0.2, 0.25) is 0 Å². The molecule has 0 aliphatic carbocycles. The molecular weight excluding hydrogens is 394 g/mol. The first-order valence-corrected chi connectivity index (χ1v) is 11.7. The van der Waals surface area contributed by atoms with Gasteiger partial charge in [-0.1, -0.05) is 30.3 Å². The molecule has 164 valence electrons. The van der Waals surface area contributed by atoms with Crippen molar-refractivity contribution in [3.8, 4) is 0 Å². The molecule has 2 heterocycles. The quantitative estimate of drug-likeness (QED) is 0.629. The third-order valence-electron chi connectivity index (χ3n) is 5.69. The number of morpholine rings is 1. The lowest BCUT2D eigenvalue weighted by Gasteiger charge is -2.41. The first-order valence-electron chi connectivity index (χ1n) is 10.8. The Kier molecular flexibility index (Phi) is 8.45. The minimum Gasteiger partial charge on any atom is -0.379 e. The van der Waals surface area contributed by atoms with E-state index in [0.29, 0.717) is 13.1 Å². The minimum absolute atomic E-state index is 0.0703. The number of carbonyl (C=O) groups is 1. The van der Waals surface area contributed by atoms with E-state index in [0.717, 1.165) is 45.8 Å². The Balaban J connectivity index is 1.54. The highest BCUT2D eigenvalue weighted by molar-refractivity contribution is 7.11. The molecule has 1 aliphatic rings. The molecule has 0 bridgehead atoms. The molecule has 1 saturated heterocycles. The van der Waals surface area contributed by atoms with Gasteiger partial charge in [-0.15, -0.1) is 11.3 Å². The number of thiophene rings is 1. The molecule has 1 N–H and O–H groups in total. The van der Waals surface area contributed by atoms with E-state index >= 15 is 0 Å². The summed E-state index contributed by atoms with van der Waals surface area (Å²) in [6.45, 7) is 12.6. The number of carbonyl (C=O) groups excluding carboxylic acids is 1. The van der Waals surface area contributed by atoms with E-state index in [1.807, 2.05) is 17.4 Å². The van der Waals surface area contributed by atoms with Crippen LogP contribution in [0.15, 0.2) is 42.5 Å². The molecule has 1 aliphatic heterocycles. The van der Waals surface area contributed by atoms with Crippen LogP contribution < -0.4 is 5.32 Å². The van der Waals surface area contributed by atoms with Crippen LogP contribution in [0, 0.1) is 6.92 Å². The van der Waals surface area contributed by atoms with Gasteiger partial charge in [0.25, 0.3) is 0 Å². The fraction of sp³-hybridized carbons (Fsp3) is 0.542. The van der Waals surface area contributed by atoms with Crippen molar-refractivity contribution < 1.29 is 9.53 Å². The second kappa shape index (κ2) is 11.0. The van der Waals surface area contributed by atoms with Crippen LogP contribution in [0.3, 0.4) is 0 Å². The van der Waals surface area contributed by atoms with Crippen LogP contribution in [-0.2, 0) is 22.5 Å². The average Bonchev–Trinajstić information content (AvgIpc) is 3.16. The summed E-state index contributed by atoms with van der Waals surface area (Å²) in [5.74, 6) is 0.0951. The lowest BCUT2D eigenvalue weighted by atomic mass is 10.0. The van der Waals surface area contributed by atoms with Crippen molar-refractivity contribution in [3.05, 3.63) is 57.8 Å². The number of hydrogen-bond acceptors (Lipinski definition) is 5. The molecule has 1 fully saturated rings. The highest BCUT2D eigenvalue weighted by Gasteiger charge is 2.28. The summed E-state index contributed by atoms with van der Waals surface area (Å²) in [6.07, 6.45) is 0.942. The Labute approximate surface area is 185 Å². The topological polar surface area (TPSA) is 44.8 Å². The maximum Gasteiger partial charge on any atom is 0.234 e. The number of rotatable bonds is 10. The predicted octanol–water partition coefficient (Wildman–Crippen LogP) is 3.33. The summed E-state index contributed by atoms with van der Waals surface area (Å²) in [7, 11) is 0. The van der Waals surface area contributed by atoms with Gasteiger partial charge in [-0.05, 0) is 44.9 Å². The molecule has 0 radical (unpaired) electrons. The third-order valence-corrected chi connectivity index (χ3v) is 6.67. The third kappa shape index (κ3) is 7.20. The molecule has 1 aromatic heterocycles. The zero-order valence-electron chi connectivity index (χ0n) is 18.5. The molecule has 2 aromatic rings. The molecule has 0 atom stereocenters. The van der Waals surface area contributed by atoms with Crippen LogP contribution in [0.5, 0.6) is 0 Å². The number of nitrogens with one attached hydrogen (secondary N) is 1. The molecule has 5 nitrogen and oxygen atoms in total. The van der Waals surface area contributed by atoms with Gasteiger partial charge in [0.05, 0.1) is 19.8 Å². The van der Waals surface area contributed by atoms with Crippen LogP contribution in [-0.4, -0.2) is 67.2 Å². The molecule has 0 unspecified atom stereocenters. The van der Waals surface area contributed by atoms with Crippen molar-refractivity contribution in [1.29, 1.82) is 0 Å². The van der Waals surface area contributed by atoms with E-state index in [9.17, 15) is 4.79 Å². The van der Waals surface area contributed by atoms with E-state index in [-0.39, 0.29) is 11.4 Å². The Morgan fingerprint density at radius 2 is 1.90 bits per heavy atom. The molecule has 3 rings (SSSR count). The van der Waals surface area contributed by atoms with Crippen molar-refractivity contribution in [1.82, 2.24) is 15.1 Å². The number of aryl methyl sites for hydroxylation is 1. The van der Waals surface area contributed by atoms with Gasteiger partial charge in [0.2, 0.25) is 5.91 Å². The summed E-state index contributed by atoms with van der Waals surface area (Å²) >= 11 is 1.81. The zero-order chi connectivity index (χ0) is 21.4. The van der Waals surface area contributed by atoms with Crippen molar-refractivity contribution in [2.45, 2.75) is 39.3 Å². The maximum atomic E-state index is 12.8. The van der Waals surface area contributed by atoms with Crippen LogP contribution in [0.25, 0.3) is 0 Å². The number of benzene rings is 1. The number of hydrogen-bond donors (Lipinski definition) is 1. The lowest BCUT2D eigenvalue weighted by molar-refractivity contribution is -0.123. The second-order valence-electron chi connectivity index (χ2n) is 8.65. The Hall–Kier alpha value is -1.73. The molecule has 1 aromatic carbocycles. The van der Waals surface area contributed by atoms with Gasteiger partial charge < -0.3 is 10.1 Å². The van der Waals surface area contributed by atoms with Crippen molar-refractivity contribution in [3.63, 3.8) is 0 Å². The van der Waals surface area contributed by atoms with Crippen molar-refractivity contribution in [2.75, 3.05) is 45.9 Å². The number of ether oxygens (including phenoxy) is 1. The van der Waals surface area contributed by atoms with E-state index in [1.165, 1.54) is 15.3 Å². The molecule has 1 amide bonds. The molecule has 0 spiro atoms. The monoisotopic (exact) mass is 429 g/mol. The SMILES string of the molecule is Cc1ccc(CN(CCc2ccccc2)CC(=O)NCC(C)(C)N2CCOCC2)s1. The zero-order valence-corrected chi connectivity index (χ0v) is 19.3. The van der Waals surface area contributed by atoms with E-state index < -0.39 is 0 Å². The number of amides is 1. The summed E-state index contributed by atoms with van der Waals surface area (Å²) < 4.78 is 5.46. The van der Waals surface area contributed by atoms with Crippen LogP contribution >= 0.6 is 11.3 Å². The fourth-order valence-corrected chi connectivity index (χ4v) is 4.72. The van der Waals surface area contributed by atoms with Gasteiger partial charge in [0.1, 0.15) is 0 Å². The van der Waals surface area contributed by atoms with Gasteiger partial charge in [0.15, 0.2) is 0 Å². The minimum atomic E-state index is -0.0703. The standard InChI is InChI=1S/C24H35N3O2S/c1-20-9-10-22(30-20)17-26(12-11-21-7-5-4-6-8-21)18-23(28)25-19-24(2,3)27-13-15-29-16-14-27/h4-10H,11-19H2,1-3H3,(H,25,28). The Bertz CT molecular complexity index is 785. The van der Waals surface area contributed by atoms with Gasteiger partial charge in [0, 0.05) is 48.0 Å². The van der Waals surface area contributed by atoms with Gasteiger partial charge >= 0.3 is 0 Å². The predicted molar refractivity (Wildman–Crippen MR) is 124 cm³/mol. The largest absolute Gasteiger partial charge is 0.379 e. The summed E-state index contributed by atoms with van der Waals surface area (Å²) in [6, 6.07) is 14.8. The smallest absolute Gasteiger partial charge is 0.234 e. The Morgan fingerprint density at radius 3 is 2.57 bits per heavy atom. The van der Waals surface area contributed by atoms with Crippen molar-refractivity contribution in [2.24, 2.45) is 0 Å². The average molecular weight is 430 g/mol. The summed E-state index contributed by atoms with van der Waals surface area (Å²) in [5, 5.41) is 3.18. The Morgan fingerprint density at radius 1 is 1.17 bits per heavy atom. The first-order chi connectivity index (χ1) is 14.4. The summed E-state index contributed by atoms with van der Waals surface area (Å²) in [4.78, 5) is 20.1. The van der Waals surface area contributed by atoms with Crippen LogP contribution in [0.1, 0.15) is 29.2 Å². The van der Waals surface area contributed by atoms with Gasteiger partial charge in [-0.3, -0.25) is 14.6 Å². The first kappa shape index (κ1) is 22.9. The fourth-order valence-electron chi connectivity index (χ4n) is 3.79. The van der Waals surface area contributed by atoms with E-state index in [1.54, 1.807) is 0 Å². The van der Waals surface area contributed by atoms with Crippen molar-refractivity contribution >= 4 is 17.2 Å². The molecule has 30 heavy (non-hydrogen) atoms. The lowest BCUT2D eigenvalue weighted by Crippen LogP contribution is -2.56. The summed E-state index contributed by atoms with van der Waals surface area (Å²) in [5.41, 5.74) is 1.23. The van der Waals surface area contributed by atoms with Crippen LogP contribution in [0.4, 0.5) is 0 Å². The molecule has 0 saturated carbocycles.